The maximum atomic E-state index is 13.2. The summed E-state index contributed by atoms with van der Waals surface area (Å²) >= 11 is 3.57. The van der Waals surface area contributed by atoms with E-state index in [1.807, 2.05) is 0 Å². The Labute approximate surface area is 238 Å². The first-order valence-corrected chi connectivity index (χ1v) is 16.3. The largest absolute Gasteiger partial charge is 0.393 e. The molecule has 0 aromatic heterocycles. The normalized spacial score (nSPS) is 43.0. The minimum Gasteiger partial charge on any atom is -0.393 e. The molecule has 4 aliphatic carbocycles. The van der Waals surface area contributed by atoms with E-state index in [-0.39, 0.29) is 23.0 Å². The Kier molecular flexibility index (Phi) is 7.30. The number of aliphatic hydroxyl groups excluding tert-OH is 2. The monoisotopic (exact) mass is 585 g/mol. The van der Waals surface area contributed by atoms with E-state index in [2.05, 4.69) is 59.8 Å². The fourth-order valence-corrected chi connectivity index (χ4v) is 11.0. The molecule has 0 spiro atoms. The van der Waals surface area contributed by atoms with Gasteiger partial charge in [0.1, 0.15) is 0 Å². The highest BCUT2D eigenvalue weighted by atomic mass is 79.9. The van der Waals surface area contributed by atoms with Gasteiger partial charge in [-0.1, -0.05) is 42.8 Å². The average molecular weight is 587 g/mol. The Morgan fingerprint density at radius 3 is 2.63 bits per heavy atom. The quantitative estimate of drug-likeness (QED) is 0.411. The molecule has 4 nitrogen and oxygen atoms in total. The minimum atomic E-state index is -0.216. The van der Waals surface area contributed by atoms with E-state index >= 15 is 0 Å². The lowest BCUT2D eigenvalue weighted by atomic mass is 9.43. The highest BCUT2D eigenvalue weighted by Crippen LogP contribution is 2.68. The van der Waals surface area contributed by atoms with Crippen molar-refractivity contribution in [2.24, 2.45) is 46.3 Å². The number of aliphatic hydroxyl groups is 2. The average Bonchev–Trinajstić information content (AvgIpc) is 3.25. The van der Waals surface area contributed by atoms with E-state index in [9.17, 15) is 15.0 Å². The van der Waals surface area contributed by atoms with Crippen LogP contribution in [-0.2, 0) is 17.8 Å². The molecule has 4 fully saturated rings. The van der Waals surface area contributed by atoms with Crippen molar-refractivity contribution in [1.82, 2.24) is 4.90 Å². The van der Waals surface area contributed by atoms with Gasteiger partial charge in [0.2, 0.25) is 5.91 Å². The van der Waals surface area contributed by atoms with Crippen molar-refractivity contribution in [2.75, 3.05) is 6.54 Å². The van der Waals surface area contributed by atoms with Gasteiger partial charge in [-0.3, -0.25) is 4.79 Å². The number of nitrogens with zero attached hydrogens (tertiary/aromatic N) is 1. The summed E-state index contributed by atoms with van der Waals surface area (Å²) in [5.41, 5.74) is 3.22. The molecule has 38 heavy (non-hydrogen) atoms. The van der Waals surface area contributed by atoms with Crippen LogP contribution >= 0.6 is 15.9 Å². The number of carbonyl (C=O) groups excluding carboxylic acids is 1. The van der Waals surface area contributed by atoms with E-state index in [4.69, 9.17) is 0 Å². The van der Waals surface area contributed by atoms with Crippen molar-refractivity contribution in [3.05, 3.63) is 33.8 Å². The van der Waals surface area contributed by atoms with Crippen LogP contribution in [0.5, 0.6) is 0 Å². The maximum Gasteiger partial charge on any atom is 0.222 e. The number of amides is 1. The van der Waals surface area contributed by atoms with Gasteiger partial charge in [-0.05, 0) is 134 Å². The standard InChI is InChI=1S/C33H48BrNO3/c1-20(4-9-30(38)35-15-12-21-16-24(34)6-5-22(21)19-35)26-7-8-27-31-28(11-14-33(26,27)3)32(2)13-10-25(36)17-23(32)18-29(31)37/h5-6,16,20,23,25-29,31,36-37H,4,7-15,17-19H2,1-3H3/t20-,23+,25-,26-,27+,28?,29-,31+,32+,33-/m1/s1. The molecule has 0 bridgehead atoms. The summed E-state index contributed by atoms with van der Waals surface area (Å²) in [7, 11) is 0. The van der Waals surface area contributed by atoms with Crippen molar-refractivity contribution in [3.63, 3.8) is 0 Å². The summed E-state index contributed by atoms with van der Waals surface area (Å²) < 4.78 is 1.12. The van der Waals surface area contributed by atoms with Gasteiger partial charge < -0.3 is 15.1 Å². The predicted molar refractivity (Wildman–Crippen MR) is 154 cm³/mol. The lowest BCUT2D eigenvalue weighted by molar-refractivity contribution is -0.174. The third kappa shape index (κ3) is 4.51. The first-order chi connectivity index (χ1) is 18.1. The van der Waals surface area contributed by atoms with Crippen LogP contribution in [-0.4, -0.2) is 39.8 Å². The SMILES string of the molecule is C[C@H](CCC(=O)N1CCc2cc(Br)ccc2C1)[C@H]1CC[C@H]2[C@H]3C(CC[C@]12C)[C@@]1(C)CC[C@@H](O)C[C@H]1C[C@H]3O. The fraction of sp³-hybridized carbons (Fsp3) is 0.788. The van der Waals surface area contributed by atoms with E-state index < -0.39 is 0 Å². The van der Waals surface area contributed by atoms with Crippen LogP contribution in [0.3, 0.4) is 0 Å². The molecule has 5 aliphatic rings. The molecule has 6 rings (SSSR count). The number of hydrogen-bond acceptors (Lipinski definition) is 3. The van der Waals surface area contributed by atoms with E-state index in [1.54, 1.807) is 0 Å². The summed E-state index contributed by atoms with van der Waals surface area (Å²) in [5, 5.41) is 21.8. The lowest BCUT2D eigenvalue weighted by Crippen LogP contribution is -2.58. The van der Waals surface area contributed by atoms with Crippen LogP contribution in [0.4, 0.5) is 0 Å². The van der Waals surface area contributed by atoms with Gasteiger partial charge in [0.25, 0.3) is 0 Å². The van der Waals surface area contributed by atoms with E-state index in [0.29, 0.717) is 47.8 Å². The van der Waals surface area contributed by atoms with Gasteiger partial charge in [0, 0.05) is 24.0 Å². The Bertz CT molecular complexity index is 1060. The molecular weight excluding hydrogens is 538 g/mol. The van der Waals surface area contributed by atoms with Crippen LogP contribution < -0.4 is 0 Å². The van der Waals surface area contributed by atoms with Gasteiger partial charge in [0.15, 0.2) is 0 Å². The molecule has 4 saturated carbocycles. The molecule has 5 heteroatoms. The van der Waals surface area contributed by atoms with Gasteiger partial charge in [0.05, 0.1) is 12.2 Å². The molecule has 1 amide bonds. The molecule has 1 aromatic carbocycles. The zero-order chi connectivity index (χ0) is 26.8. The minimum absolute atomic E-state index is 0.174. The van der Waals surface area contributed by atoms with Gasteiger partial charge >= 0.3 is 0 Å². The zero-order valence-electron chi connectivity index (χ0n) is 23.7. The molecule has 0 saturated heterocycles. The third-order valence-corrected chi connectivity index (χ3v) is 13.3. The Morgan fingerprint density at radius 1 is 1.05 bits per heavy atom. The highest BCUT2D eigenvalue weighted by Gasteiger charge is 2.62. The van der Waals surface area contributed by atoms with Crippen molar-refractivity contribution in [2.45, 2.75) is 110 Å². The molecule has 1 unspecified atom stereocenters. The molecule has 2 N–H and O–H groups in total. The molecule has 10 atom stereocenters. The van der Waals surface area contributed by atoms with Crippen LogP contribution in [0.2, 0.25) is 0 Å². The predicted octanol–water partition coefficient (Wildman–Crippen LogP) is 6.74. The first kappa shape index (κ1) is 27.3. The lowest BCUT2D eigenvalue weighted by Gasteiger charge is -2.62. The van der Waals surface area contributed by atoms with Crippen molar-refractivity contribution in [3.8, 4) is 0 Å². The molecule has 1 aliphatic heterocycles. The van der Waals surface area contributed by atoms with Crippen LogP contribution in [0, 0.1) is 46.3 Å². The van der Waals surface area contributed by atoms with E-state index in [1.165, 1.54) is 36.8 Å². The van der Waals surface area contributed by atoms with E-state index in [0.717, 1.165) is 56.1 Å². The Morgan fingerprint density at radius 2 is 1.82 bits per heavy atom. The summed E-state index contributed by atoms with van der Waals surface area (Å²) in [6, 6.07) is 6.45. The summed E-state index contributed by atoms with van der Waals surface area (Å²) in [5.74, 6) is 3.57. The van der Waals surface area contributed by atoms with Gasteiger partial charge in [-0.2, -0.15) is 0 Å². The Hall–Kier alpha value is -0.910. The first-order valence-electron chi connectivity index (χ1n) is 15.5. The Balaban J connectivity index is 1.10. The topological polar surface area (TPSA) is 60.8 Å². The number of benzene rings is 1. The number of rotatable bonds is 4. The van der Waals surface area contributed by atoms with Crippen LogP contribution in [0.25, 0.3) is 0 Å². The van der Waals surface area contributed by atoms with Crippen LogP contribution in [0.1, 0.15) is 96.1 Å². The number of hydrogen-bond donors (Lipinski definition) is 2. The molecule has 0 radical (unpaired) electrons. The summed E-state index contributed by atoms with van der Waals surface area (Å²) in [6.07, 6.45) is 11.0. The second-order valence-electron chi connectivity index (χ2n) is 14.4. The van der Waals surface area contributed by atoms with Crippen molar-refractivity contribution >= 4 is 21.8 Å². The second kappa shape index (κ2) is 10.2. The molecule has 1 aromatic rings. The van der Waals surface area contributed by atoms with Gasteiger partial charge in [-0.25, -0.2) is 0 Å². The second-order valence-corrected chi connectivity index (χ2v) is 15.4. The number of carbonyl (C=O) groups is 1. The fourth-order valence-electron chi connectivity index (χ4n) is 10.6. The van der Waals surface area contributed by atoms with Gasteiger partial charge in [-0.15, -0.1) is 0 Å². The molecule has 1 heterocycles. The summed E-state index contributed by atoms with van der Waals surface area (Å²) in [4.78, 5) is 15.3. The van der Waals surface area contributed by atoms with Crippen molar-refractivity contribution < 1.29 is 15.0 Å². The number of fused-ring (bicyclic) bond motifs is 6. The summed E-state index contributed by atoms with van der Waals surface area (Å²) in [6.45, 7) is 9.01. The molecule has 210 valence electrons. The van der Waals surface area contributed by atoms with Crippen LogP contribution in [0.15, 0.2) is 22.7 Å². The number of halogens is 1. The third-order valence-electron chi connectivity index (χ3n) is 12.8. The molecular formula is C33H48BrNO3. The zero-order valence-corrected chi connectivity index (χ0v) is 25.3. The smallest absolute Gasteiger partial charge is 0.222 e. The van der Waals surface area contributed by atoms with Crippen molar-refractivity contribution in [1.29, 1.82) is 0 Å². The highest BCUT2D eigenvalue weighted by molar-refractivity contribution is 9.10. The maximum absolute atomic E-state index is 13.2.